The number of piperidine rings is 1. The number of nitrogens with zero attached hydrogens (tertiary/aromatic N) is 3. The molecule has 1 aromatic rings. The first-order valence-corrected chi connectivity index (χ1v) is 11.5. The third-order valence-electron chi connectivity index (χ3n) is 6.87. The highest BCUT2D eigenvalue weighted by atomic mass is 16.5. The van der Waals surface area contributed by atoms with Crippen molar-refractivity contribution in [2.75, 3.05) is 26.2 Å². The summed E-state index contributed by atoms with van der Waals surface area (Å²) in [5, 5.41) is 3.06. The van der Waals surface area contributed by atoms with Gasteiger partial charge in [0.25, 0.3) is 11.8 Å². The summed E-state index contributed by atoms with van der Waals surface area (Å²) in [5.41, 5.74) is -0.00775. The van der Waals surface area contributed by atoms with Gasteiger partial charge < -0.3 is 15.0 Å². The Labute approximate surface area is 183 Å². The van der Waals surface area contributed by atoms with Crippen molar-refractivity contribution in [1.82, 2.24) is 20.1 Å². The van der Waals surface area contributed by atoms with Crippen molar-refractivity contribution in [1.29, 1.82) is 0 Å². The number of amides is 4. The lowest BCUT2D eigenvalue weighted by atomic mass is 9.74. The number of rotatable bonds is 7. The Morgan fingerprint density at radius 1 is 1.26 bits per heavy atom. The first-order valence-electron chi connectivity index (χ1n) is 11.5. The van der Waals surface area contributed by atoms with Gasteiger partial charge in [-0.15, -0.1) is 0 Å². The number of carbonyl (C=O) groups is 3. The molecule has 3 saturated heterocycles. The summed E-state index contributed by atoms with van der Waals surface area (Å²) in [6, 6.07) is 5.34. The number of hydrogen-bond acceptors (Lipinski definition) is 5. The number of nitrogens with one attached hydrogen (secondary N) is 1. The Bertz CT molecular complexity index is 803. The molecule has 0 saturated carbocycles. The Balaban J connectivity index is 1.42. The summed E-state index contributed by atoms with van der Waals surface area (Å²) in [7, 11) is 0. The molecule has 168 valence electrons. The molecule has 4 heterocycles. The molecular weight excluding hydrogens is 396 g/mol. The van der Waals surface area contributed by atoms with Crippen LogP contribution < -0.4 is 5.32 Å². The predicted octanol–water partition coefficient (Wildman–Crippen LogP) is 2.13. The number of aromatic nitrogens is 1. The first-order chi connectivity index (χ1) is 15.0. The maximum Gasteiger partial charge on any atom is 0.325 e. The summed E-state index contributed by atoms with van der Waals surface area (Å²) in [6.07, 6.45) is 6.50. The van der Waals surface area contributed by atoms with Gasteiger partial charge in [-0.3, -0.25) is 19.5 Å². The fraction of sp³-hybridized carbons (Fsp3) is 0.652. The van der Waals surface area contributed by atoms with Crippen molar-refractivity contribution in [2.45, 2.75) is 63.5 Å². The number of carbonyl (C=O) groups excluding carboxylic acids is 3. The fourth-order valence-corrected chi connectivity index (χ4v) is 5.23. The van der Waals surface area contributed by atoms with Gasteiger partial charge in [-0.05, 0) is 50.2 Å². The maximum absolute atomic E-state index is 13.5. The van der Waals surface area contributed by atoms with Gasteiger partial charge in [0, 0.05) is 44.6 Å². The molecule has 2 atom stereocenters. The van der Waals surface area contributed by atoms with Gasteiger partial charge in [0.15, 0.2) is 0 Å². The van der Waals surface area contributed by atoms with E-state index in [2.05, 4.69) is 10.3 Å². The molecule has 1 aromatic heterocycles. The van der Waals surface area contributed by atoms with Gasteiger partial charge in [0.2, 0.25) is 0 Å². The monoisotopic (exact) mass is 428 g/mol. The Kier molecular flexibility index (Phi) is 6.55. The molecule has 31 heavy (non-hydrogen) atoms. The number of pyridine rings is 1. The van der Waals surface area contributed by atoms with E-state index in [1.165, 1.54) is 4.90 Å². The van der Waals surface area contributed by atoms with Crippen molar-refractivity contribution in [3.05, 3.63) is 30.1 Å². The number of urea groups is 1. The highest BCUT2D eigenvalue weighted by Gasteiger charge is 2.55. The zero-order chi connectivity index (χ0) is 21.8. The molecule has 4 rings (SSSR count). The van der Waals surface area contributed by atoms with E-state index in [0.29, 0.717) is 51.9 Å². The number of ether oxygens (including phenoxy) is 1. The van der Waals surface area contributed by atoms with E-state index in [1.54, 1.807) is 6.20 Å². The third-order valence-corrected chi connectivity index (χ3v) is 6.87. The molecule has 8 heteroatoms. The third kappa shape index (κ3) is 4.31. The Morgan fingerprint density at radius 3 is 2.71 bits per heavy atom. The van der Waals surface area contributed by atoms with Crippen molar-refractivity contribution in [2.24, 2.45) is 5.92 Å². The van der Waals surface area contributed by atoms with Gasteiger partial charge >= 0.3 is 6.03 Å². The molecule has 1 N–H and O–H groups in total. The van der Waals surface area contributed by atoms with Crippen LogP contribution in [0.3, 0.4) is 0 Å². The number of imide groups is 1. The quantitative estimate of drug-likeness (QED) is 0.672. The lowest BCUT2D eigenvalue weighted by Gasteiger charge is -2.41. The lowest BCUT2D eigenvalue weighted by molar-refractivity contribution is -0.143. The molecule has 0 aliphatic carbocycles. The van der Waals surface area contributed by atoms with Crippen molar-refractivity contribution < 1.29 is 19.1 Å². The second kappa shape index (κ2) is 9.34. The van der Waals surface area contributed by atoms with Crippen LogP contribution in [0, 0.1) is 5.92 Å². The topological polar surface area (TPSA) is 91.8 Å². The smallest absolute Gasteiger partial charge is 0.325 e. The van der Waals surface area contributed by atoms with Crippen LogP contribution in [0.15, 0.2) is 24.4 Å². The van der Waals surface area contributed by atoms with Gasteiger partial charge in [-0.2, -0.15) is 0 Å². The van der Waals surface area contributed by atoms with Gasteiger partial charge in [-0.1, -0.05) is 19.4 Å². The fourth-order valence-electron chi connectivity index (χ4n) is 5.23. The molecule has 0 radical (unpaired) electrons. The second-order valence-corrected chi connectivity index (χ2v) is 8.78. The molecule has 0 bridgehead atoms. The van der Waals surface area contributed by atoms with Crippen LogP contribution >= 0.6 is 0 Å². The second-order valence-electron chi connectivity index (χ2n) is 8.78. The molecule has 3 aliphatic rings. The van der Waals surface area contributed by atoms with Crippen LogP contribution in [0.2, 0.25) is 0 Å². The first kappa shape index (κ1) is 21.7. The standard InChI is InChI=1S/C23H32N4O4/c1-2-11-23(17-8-13-26(14-9-17)20(28)19-7-5-16-31-19)21(29)27(22(30)25-23)15-10-18-6-3-4-12-24-18/h3-4,6,12,17,19H,2,5,7-11,13-16H2,1H3,(H,25,30). The SMILES string of the molecule is CCCC1(C2CCN(C(=O)C3CCCO3)CC2)NC(=O)N(CCc2ccccn2)C1=O. The molecule has 2 unspecified atom stereocenters. The Morgan fingerprint density at radius 2 is 2.06 bits per heavy atom. The normalized spacial score (nSPS) is 27.1. The van der Waals surface area contributed by atoms with E-state index >= 15 is 0 Å². The molecule has 3 aliphatic heterocycles. The Hall–Kier alpha value is -2.48. The molecule has 3 fully saturated rings. The van der Waals surface area contributed by atoms with E-state index < -0.39 is 5.54 Å². The zero-order valence-corrected chi connectivity index (χ0v) is 18.2. The van der Waals surface area contributed by atoms with Crippen LogP contribution in [0.1, 0.15) is 51.1 Å². The summed E-state index contributed by atoms with van der Waals surface area (Å²) >= 11 is 0. The predicted molar refractivity (Wildman–Crippen MR) is 114 cm³/mol. The molecular formula is C23H32N4O4. The minimum absolute atomic E-state index is 0.0253. The average molecular weight is 429 g/mol. The van der Waals surface area contributed by atoms with Crippen molar-refractivity contribution in [3.63, 3.8) is 0 Å². The average Bonchev–Trinajstić information content (AvgIpc) is 3.41. The van der Waals surface area contributed by atoms with Crippen LogP contribution in [-0.2, 0) is 20.7 Å². The molecule has 4 amide bonds. The molecule has 0 aromatic carbocycles. The van der Waals surface area contributed by atoms with Crippen molar-refractivity contribution >= 4 is 17.8 Å². The minimum Gasteiger partial charge on any atom is -0.368 e. The largest absolute Gasteiger partial charge is 0.368 e. The molecule has 0 spiro atoms. The van der Waals surface area contributed by atoms with E-state index in [1.807, 2.05) is 30.0 Å². The molecule has 8 nitrogen and oxygen atoms in total. The summed E-state index contributed by atoms with van der Waals surface area (Å²) in [6.45, 7) is 4.22. The minimum atomic E-state index is -0.866. The van der Waals surface area contributed by atoms with Crippen LogP contribution in [-0.4, -0.2) is 70.5 Å². The number of hydrogen-bond donors (Lipinski definition) is 1. The van der Waals surface area contributed by atoms with Crippen LogP contribution in [0.5, 0.6) is 0 Å². The van der Waals surface area contributed by atoms with E-state index in [9.17, 15) is 14.4 Å². The van der Waals surface area contributed by atoms with Crippen molar-refractivity contribution in [3.8, 4) is 0 Å². The summed E-state index contributed by atoms with van der Waals surface area (Å²) in [5.74, 6) is -0.0317. The van der Waals surface area contributed by atoms with E-state index in [-0.39, 0.29) is 29.9 Å². The maximum atomic E-state index is 13.5. The van der Waals surface area contributed by atoms with E-state index in [4.69, 9.17) is 4.74 Å². The number of likely N-dealkylation sites (tertiary alicyclic amines) is 1. The van der Waals surface area contributed by atoms with Crippen LogP contribution in [0.25, 0.3) is 0 Å². The summed E-state index contributed by atoms with van der Waals surface area (Å²) < 4.78 is 5.55. The van der Waals surface area contributed by atoms with Gasteiger partial charge in [0.1, 0.15) is 11.6 Å². The van der Waals surface area contributed by atoms with E-state index in [0.717, 1.165) is 25.0 Å². The summed E-state index contributed by atoms with van der Waals surface area (Å²) in [4.78, 5) is 46.5. The highest BCUT2D eigenvalue weighted by molar-refractivity contribution is 6.07. The zero-order valence-electron chi connectivity index (χ0n) is 18.2. The highest BCUT2D eigenvalue weighted by Crippen LogP contribution is 2.37. The van der Waals surface area contributed by atoms with Crippen LogP contribution in [0.4, 0.5) is 4.79 Å². The van der Waals surface area contributed by atoms with Gasteiger partial charge in [-0.25, -0.2) is 4.79 Å². The van der Waals surface area contributed by atoms with Gasteiger partial charge in [0.05, 0.1) is 0 Å². The lowest BCUT2D eigenvalue weighted by Crippen LogP contribution is -2.57.